The molecule has 1 rings (SSSR count). The summed E-state index contributed by atoms with van der Waals surface area (Å²) >= 11 is 11.7. The molecule has 1 N–H and O–H groups in total. The molecule has 0 bridgehead atoms. The maximum atomic E-state index is 13.3. The van der Waals surface area contributed by atoms with Gasteiger partial charge >= 0.3 is 0 Å². The first-order valence-electron chi connectivity index (χ1n) is 5.51. The van der Waals surface area contributed by atoms with Crippen molar-refractivity contribution >= 4 is 23.2 Å². The van der Waals surface area contributed by atoms with Gasteiger partial charge in [-0.15, -0.1) is 0 Å². The van der Waals surface area contributed by atoms with Gasteiger partial charge in [0.05, 0.1) is 11.6 Å². The average Bonchev–Trinajstić information content (AvgIpc) is 2.29. The van der Waals surface area contributed by atoms with Crippen LogP contribution < -0.4 is 5.32 Å². The molecule has 96 valence electrons. The smallest absolute Gasteiger partial charge is 0.142 e. The van der Waals surface area contributed by atoms with E-state index in [0.29, 0.717) is 30.3 Å². The standard InChI is InChI=1S/C12H16Cl2FNO/c1-3-17-5-4-16-8(2)9-6-12(15)11(14)7-10(9)13/h6-8,16H,3-5H2,1-2H3. The highest BCUT2D eigenvalue weighted by Crippen LogP contribution is 2.28. The fourth-order valence-electron chi connectivity index (χ4n) is 1.47. The van der Waals surface area contributed by atoms with E-state index in [0.717, 1.165) is 0 Å². The Balaban J connectivity index is 2.62. The second-order valence-corrected chi connectivity index (χ2v) is 4.47. The van der Waals surface area contributed by atoms with Gasteiger partial charge < -0.3 is 10.1 Å². The molecule has 0 fully saturated rings. The summed E-state index contributed by atoms with van der Waals surface area (Å²) in [5.41, 5.74) is 0.699. The maximum absolute atomic E-state index is 13.3. The third kappa shape index (κ3) is 4.43. The second kappa shape index (κ2) is 7.17. The second-order valence-electron chi connectivity index (χ2n) is 3.66. The molecule has 1 unspecified atom stereocenters. The van der Waals surface area contributed by atoms with Gasteiger partial charge in [-0.2, -0.15) is 0 Å². The molecular weight excluding hydrogens is 264 g/mol. The minimum Gasteiger partial charge on any atom is -0.380 e. The molecular formula is C12H16Cl2FNO. The molecule has 5 heteroatoms. The van der Waals surface area contributed by atoms with E-state index in [9.17, 15) is 4.39 Å². The minimum atomic E-state index is -0.454. The van der Waals surface area contributed by atoms with Gasteiger partial charge in [0.15, 0.2) is 0 Å². The van der Waals surface area contributed by atoms with Gasteiger partial charge in [-0.25, -0.2) is 4.39 Å². The number of halogens is 3. The van der Waals surface area contributed by atoms with Crippen molar-refractivity contribution in [2.75, 3.05) is 19.8 Å². The Labute approximate surface area is 111 Å². The summed E-state index contributed by atoms with van der Waals surface area (Å²) in [5.74, 6) is -0.454. The summed E-state index contributed by atoms with van der Waals surface area (Å²) in [5, 5.41) is 3.71. The summed E-state index contributed by atoms with van der Waals surface area (Å²) in [6, 6.07) is 2.74. The first-order valence-corrected chi connectivity index (χ1v) is 6.27. The van der Waals surface area contributed by atoms with Crippen LogP contribution in [0.3, 0.4) is 0 Å². The van der Waals surface area contributed by atoms with Crippen LogP contribution in [0.1, 0.15) is 25.5 Å². The SMILES string of the molecule is CCOCCNC(C)c1cc(F)c(Cl)cc1Cl. The molecule has 17 heavy (non-hydrogen) atoms. The third-order valence-electron chi connectivity index (χ3n) is 2.41. The number of benzene rings is 1. The van der Waals surface area contributed by atoms with E-state index in [2.05, 4.69) is 5.32 Å². The molecule has 0 saturated carbocycles. The highest BCUT2D eigenvalue weighted by Gasteiger charge is 2.12. The zero-order valence-corrected chi connectivity index (χ0v) is 11.4. The number of hydrogen-bond acceptors (Lipinski definition) is 2. The van der Waals surface area contributed by atoms with E-state index in [4.69, 9.17) is 27.9 Å². The third-order valence-corrected chi connectivity index (χ3v) is 3.02. The monoisotopic (exact) mass is 279 g/mol. The van der Waals surface area contributed by atoms with Crippen LogP contribution in [0.5, 0.6) is 0 Å². The summed E-state index contributed by atoms with van der Waals surface area (Å²) < 4.78 is 18.5. The van der Waals surface area contributed by atoms with Crippen molar-refractivity contribution in [2.24, 2.45) is 0 Å². The van der Waals surface area contributed by atoms with Crippen LogP contribution in [0, 0.1) is 5.82 Å². The van der Waals surface area contributed by atoms with Gasteiger partial charge in [0, 0.05) is 24.2 Å². The molecule has 2 nitrogen and oxygen atoms in total. The van der Waals surface area contributed by atoms with Crippen LogP contribution in [0.4, 0.5) is 4.39 Å². The fourth-order valence-corrected chi connectivity index (χ4v) is 2.02. The van der Waals surface area contributed by atoms with Crippen LogP contribution in [0.2, 0.25) is 10.0 Å². The summed E-state index contributed by atoms with van der Waals surface area (Å²) in [6.07, 6.45) is 0. The lowest BCUT2D eigenvalue weighted by molar-refractivity contribution is 0.147. The Hall–Kier alpha value is -0.350. The molecule has 0 saturated heterocycles. The first-order chi connectivity index (χ1) is 8.06. The van der Waals surface area contributed by atoms with E-state index in [1.54, 1.807) is 0 Å². The minimum absolute atomic E-state index is 0.0419. The van der Waals surface area contributed by atoms with Gasteiger partial charge in [-0.1, -0.05) is 23.2 Å². The lowest BCUT2D eigenvalue weighted by Crippen LogP contribution is -2.23. The van der Waals surface area contributed by atoms with E-state index in [1.807, 2.05) is 13.8 Å². The summed E-state index contributed by atoms with van der Waals surface area (Å²) in [4.78, 5) is 0. The van der Waals surface area contributed by atoms with Gasteiger partial charge in [0.1, 0.15) is 5.82 Å². The number of nitrogens with one attached hydrogen (secondary N) is 1. The van der Waals surface area contributed by atoms with Crippen LogP contribution in [-0.2, 0) is 4.74 Å². The van der Waals surface area contributed by atoms with Crippen molar-refractivity contribution in [3.8, 4) is 0 Å². The lowest BCUT2D eigenvalue weighted by atomic mass is 10.1. The predicted octanol–water partition coefficient (Wildman–Crippen LogP) is 3.82. The van der Waals surface area contributed by atoms with Crippen molar-refractivity contribution < 1.29 is 9.13 Å². The molecule has 1 aromatic carbocycles. The van der Waals surface area contributed by atoms with Crippen molar-refractivity contribution in [3.05, 3.63) is 33.6 Å². The quantitative estimate of drug-likeness (QED) is 0.631. The van der Waals surface area contributed by atoms with Crippen LogP contribution >= 0.6 is 23.2 Å². The largest absolute Gasteiger partial charge is 0.380 e. The van der Waals surface area contributed by atoms with Crippen molar-refractivity contribution in [1.29, 1.82) is 0 Å². The normalized spacial score (nSPS) is 12.8. The molecule has 1 atom stereocenters. The first kappa shape index (κ1) is 14.7. The molecule has 0 heterocycles. The highest BCUT2D eigenvalue weighted by molar-refractivity contribution is 6.35. The molecule has 0 aliphatic rings. The number of rotatable bonds is 6. The average molecular weight is 280 g/mol. The van der Waals surface area contributed by atoms with Gasteiger partial charge in [-0.3, -0.25) is 0 Å². The van der Waals surface area contributed by atoms with Crippen LogP contribution in [0.25, 0.3) is 0 Å². The molecule has 0 aliphatic heterocycles. The molecule has 0 aliphatic carbocycles. The zero-order valence-electron chi connectivity index (χ0n) is 9.90. The van der Waals surface area contributed by atoms with Crippen LogP contribution in [-0.4, -0.2) is 19.8 Å². The Kier molecular flexibility index (Phi) is 6.20. The highest BCUT2D eigenvalue weighted by atomic mass is 35.5. The summed E-state index contributed by atoms with van der Waals surface area (Å²) in [7, 11) is 0. The molecule has 1 aromatic rings. The zero-order chi connectivity index (χ0) is 12.8. The van der Waals surface area contributed by atoms with Crippen LogP contribution in [0.15, 0.2) is 12.1 Å². The van der Waals surface area contributed by atoms with Crippen molar-refractivity contribution in [2.45, 2.75) is 19.9 Å². The molecule has 0 spiro atoms. The van der Waals surface area contributed by atoms with Gasteiger partial charge in [0.2, 0.25) is 0 Å². The van der Waals surface area contributed by atoms with E-state index < -0.39 is 5.82 Å². The van der Waals surface area contributed by atoms with E-state index in [1.165, 1.54) is 12.1 Å². The van der Waals surface area contributed by atoms with E-state index in [-0.39, 0.29) is 11.1 Å². The maximum Gasteiger partial charge on any atom is 0.142 e. The molecule has 0 amide bonds. The fraction of sp³-hybridized carbons (Fsp3) is 0.500. The van der Waals surface area contributed by atoms with Crippen molar-refractivity contribution in [1.82, 2.24) is 5.32 Å². The Bertz CT molecular complexity index is 374. The Morgan fingerprint density at radius 3 is 2.71 bits per heavy atom. The topological polar surface area (TPSA) is 21.3 Å². The number of ether oxygens (including phenoxy) is 1. The van der Waals surface area contributed by atoms with Gasteiger partial charge in [0.25, 0.3) is 0 Å². The molecule has 0 aromatic heterocycles. The molecule has 0 radical (unpaired) electrons. The van der Waals surface area contributed by atoms with Gasteiger partial charge in [-0.05, 0) is 31.5 Å². The Morgan fingerprint density at radius 2 is 2.06 bits per heavy atom. The lowest BCUT2D eigenvalue weighted by Gasteiger charge is -2.16. The van der Waals surface area contributed by atoms with E-state index >= 15 is 0 Å². The Morgan fingerprint density at radius 1 is 1.35 bits per heavy atom. The number of hydrogen-bond donors (Lipinski definition) is 1. The summed E-state index contributed by atoms with van der Waals surface area (Å²) in [6.45, 7) is 5.85. The van der Waals surface area contributed by atoms with Crippen molar-refractivity contribution in [3.63, 3.8) is 0 Å². The predicted molar refractivity (Wildman–Crippen MR) is 69.3 cm³/mol.